The Balaban J connectivity index is 2.26. The van der Waals surface area contributed by atoms with Crippen molar-refractivity contribution in [2.45, 2.75) is 44.9 Å². The predicted octanol–water partition coefficient (Wildman–Crippen LogP) is 0.683. The van der Waals surface area contributed by atoms with Gasteiger partial charge in [0.1, 0.15) is 0 Å². The monoisotopic (exact) mass is 319 g/mol. The summed E-state index contributed by atoms with van der Waals surface area (Å²) in [6.07, 6.45) is 7.77. The van der Waals surface area contributed by atoms with E-state index in [4.69, 9.17) is 5.73 Å². The lowest BCUT2D eigenvalue weighted by atomic mass is 9.98. The van der Waals surface area contributed by atoms with E-state index >= 15 is 0 Å². The molecule has 0 bridgehead atoms. The molecule has 0 aliphatic carbocycles. The Morgan fingerprint density at radius 2 is 2.00 bits per heavy atom. The van der Waals surface area contributed by atoms with Crippen LogP contribution < -0.4 is 10.5 Å². The molecule has 0 radical (unpaired) electrons. The van der Waals surface area contributed by atoms with E-state index in [1.807, 2.05) is 4.90 Å². The summed E-state index contributed by atoms with van der Waals surface area (Å²) in [6, 6.07) is 0. The number of amides is 1. The highest BCUT2D eigenvalue weighted by Gasteiger charge is 2.23. The van der Waals surface area contributed by atoms with Gasteiger partial charge in [0.2, 0.25) is 15.9 Å². The van der Waals surface area contributed by atoms with Crippen molar-refractivity contribution in [3.63, 3.8) is 0 Å². The molecule has 6 nitrogen and oxygen atoms in total. The molecule has 0 spiro atoms. The maximum atomic E-state index is 12.1. The number of piperidine rings is 1. The number of nitrogens with zero attached hydrogens (tertiary/aromatic N) is 1. The molecule has 124 valence electrons. The third kappa shape index (κ3) is 8.38. The Morgan fingerprint density at radius 1 is 1.29 bits per heavy atom. The Kier molecular flexibility index (Phi) is 8.21. The number of likely N-dealkylation sites (tertiary alicyclic amines) is 1. The predicted molar refractivity (Wildman–Crippen MR) is 84.3 cm³/mol. The average molecular weight is 319 g/mol. The van der Waals surface area contributed by atoms with Gasteiger partial charge in [-0.3, -0.25) is 4.79 Å². The van der Waals surface area contributed by atoms with E-state index in [9.17, 15) is 13.2 Å². The van der Waals surface area contributed by atoms with Crippen molar-refractivity contribution < 1.29 is 13.2 Å². The first-order chi connectivity index (χ1) is 9.92. The summed E-state index contributed by atoms with van der Waals surface area (Å²) in [5.41, 5.74) is 5.44. The van der Waals surface area contributed by atoms with Crippen LogP contribution in [0.15, 0.2) is 0 Å². The zero-order chi connectivity index (χ0) is 15.7. The maximum Gasteiger partial charge on any atom is 0.222 e. The van der Waals surface area contributed by atoms with Gasteiger partial charge in [-0.25, -0.2) is 13.1 Å². The molecule has 1 saturated heterocycles. The number of sulfonamides is 1. The summed E-state index contributed by atoms with van der Waals surface area (Å²) < 4.78 is 24.8. The van der Waals surface area contributed by atoms with Crippen molar-refractivity contribution in [1.82, 2.24) is 9.62 Å². The molecular formula is C14H29N3O3S. The molecule has 7 heteroatoms. The molecule has 1 amide bonds. The molecule has 1 rings (SSSR count). The summed E-state index contributed by atoms with van der Waals surface area (Å²) >= 11 is 0. The van der Waals surface area contributed by atoms with Crippen molar-refractivity contribution in [2.24, 2.45) is 11.7 Å². The average Bonchev–Trinajstić information content (AvgIpc) is 2.44. The van der Waals surface area contributed by atoms with Crippen LogP contribution in [0.3, 0.4) is 0 Å². The molecule has 21 heavy (non-hydrogen) atoms. The van der Waals surface area contributed by atoms with Crippen LogP contribution in [0.5, 0.6) is 0 Å². The number of carbonyl (C=O) groups is 1. The second-order valence-corrected chi connectivity index (χ2v) is 7.75. The molecule has 1 aliphatic rings. The lowest BCUT2D eigenvalue weighted by Gasteiger charge is -2.33. The Morgan fingerprint density at radius 3 is 2.67 bits per heavy atom. The van der Waals surface area contributed by atoms with E-state index in [0.29, 0.717) is 19.5 Å². The van der Waals surface area contributed by atoms with Crippen molar-refractivity contribution in [2.75, 3.05) is 32.4 Å². The van der Waals surface area contributed by atoms with Gasteiger partial charge in [-0.05, 0) is 38.1 Å². The summed E-state index contributed by atoms with van der Waals surface area (Å²) in [5, 5.41) is 0. The molecule has 0 aromatic carbocycles. The van der Waals surface area contributed by atoms with Crippen LogP contribution in [-0.2, 0) is 14.8 Å². The summed E-state index contributed by atoms with van der Waals surface area (Å²) in [7, 11) is -3.15. The molecule has 1 unspecified atom stereocenters. The first-order valence-electron chi connectivity index (χ1n) is 7.85. The Labute approximate surface area is 128 Å². The number of hydrogen-bond donors (Lipinski definition) is 2. The first kappa shape index (κ1) is 18.4. The molecule has 3 N–H and O–H groups in total. The molecule has 1 aliphatic heterocycles. The van der Waals surface area contributed by atoms with Crippen LogP contribution in [-0.4, -0.2) is 51.7 Å². The van der Waals surface area contributed by atoms with E-state index in [0.717, 1.165) is 51.6 Å². The number of nitrogens with one attached hydrogen (secondary N) is 1. The smallest absolute Gasteiger partial charge is 0.222 e. The molecule has 0 saturated carbocycles. The van der Waals surface area contributed by atoms with Gasteiger partial charge in [-0.1, -0.05) is 12.8 Å². The van der Waals surface area contributed by atoms with Gasteiger partial charge in [0.15, 0.2) is 0 Å². The lowest BCUT2D eigenvalue weighted by Crippen LogP contribution is -2.43. The Hall–Kier alpha value is -0.660. The third-order valence-electron chi connectivity index (χ3n) is 3.85. The van der Waals surface area contributed by atoms with Crippen LogP contribution in [0.25, 0.3) is 0 Å². The van der Waals surface area contributed by atoms with Crippen LogP contribution in [0, 0.1) is 5.92 Å². The standard InChI is InChI=1S/C14H29N3O3S/c1-21(19,20)16-11-13-7-6-10-17(12-13)14(18)8-4-2-3-5-9-15/h13,16H,2-12,15H2,1H3. The first-order valence-corrected chi connectivity index (χ1v) is 9.74. The maximum absolute atomic E-state index is 12.1. The number of hydrogen-bond acceptors (Lipinski definition) is 4. The van der Waals surface area contributed by atoms with Crippen molar-refractivity contribution >= 4 is 15.9 Å². The minimum Gasteiger partial charge on any atom is -0.342 e. The second-order valence-electron chi connectivity index (χ2n) is 5.92. The molecule has 0 aromatic heterocycles. The molecule has 1 heterocycles. The number of carbonyl (C=O) groups excluding carboxylic acids is 1. The summed E-state index contributed by atoms with van der Waals surface area (Å²) in [5.74, 6) is 0.432. The van der Waals surface area contributed by atoms with Crippen LogP contribution in [0.2, 0.25) is 0 Å². The highest BCUT2D eigenvalue weighted by Crippen LogP contribution is 2.17. The van der Waals surface area contributed by atoms with Gasteiger partial charge in [0, 0.05) is 26.1 Å². The largest absolute Gasteiger partial charge is 0.342 e. The van der Waals surface area contributed by atoms with Gasteiger partial charge in [0.05, 0.1) is 6.26 Å². The topological polar surface area (TPSA) is 92.5 Å². The molecule has 1 fully saturated rings. The van der Waals surface area contributed by atoms with E-state index in [2.05, 4.69) is 4.72 Å². The van der Waals surface area contributed by atoms with Crippen molar-refractivity contribution in [1.29, 1.82) is 0 Å². The van der Waals surface area contributed by atoms with Gasteiger partial charge in [-0.2, -0.15) is 0 Å². The highest BCUT2D eigenvalue weighted by molar-refractivity contribution is 7.88. The van der Waals surface area contributed by atoms with E-state index in [-0.39, 0.29) is 11.8 Å². The molecule has 1 atom stereocenters. The van der Waals surface area contributed by atoms with Crippen LogP contribution >= 0.6 is 0 Å². The summed E-state index contributed by atoms with van der Waals surface area (Å²) in [4.78, 5) is 14.0. The second kappa shape index (κ2) is 9.38. The van der Waals surface area contributed by atoms with Gasteiger partial charge in [-0.15, -0.1) is 0 Å². The SMILES string of the molecule is CS(=O)(=O)NCC1CCCN(C(=O)CCCCCCN)C1. The van der Waals surface area contributed by atoms with Crippen LogP contribution in [0.4, 0.5) is 0 Å². The normalized spacial score (nSPS) is 19.7. The number of nitrogens with two attached hydrogens (primary N) is 1. The molecule has 0 aromatic rings. The minimum atomic E-state index is -3.15. The van der Waals surface area contributed by atoms with Gasteiger partial charge >= 0.3 is 0 Å². The lowest BCUT2D eigenvalue weighted by molar-refractivity contribution is -0.133. The number of unbranched alkanes of at least 4 members (excludes halogenated alkanes) is 3. The number of rotatable bonds is 9. The quantitative estimate of drug-likeness (QED) is 0.611. The Bertz CT molecular complexity index is 412. The van der Waals surface area contributed by atoms with E-state index in [1.54, 1.807) is 0 Å². The van der Waals surface area contributed by atoms with Gasteiger partial charge < -0.3 is 10.6 Å². The fraction of sp³-hybridized carbons (Fsp3) is 0.929. The van der Waals surface area contributed by atoms with E-state index < -0.39 is 10.0 Å². The fourth-order valence-electron chi connectivity index (χ4n) is 2.66. The summed E-state index contributed by atoms with van der Waals surface area (Å²) in [6.45, 7) is 2.62. The van der Waals surface area contributed by atoms with Gasteiger partial charge in [0.25, 0.3) is 0 Å². The van der Waals surface area contributed by atoms with Crippen molar-refractivity contribution in [3.05, 3.63) is 0 Å². The minimum absolute atomic E-state index is 0.201. The highest BCUT2D eigenvalue weighted by atomic mass is 32.2. The zero-order valence-electron chi connectivity index (χ0n) is 13.0. The van der Waals surface area contributed by atoms with Crippen molar-refractivity contribution in [3.8, 4) is 0 Å². The molecular weight excluding hydrogens is 290 g/mol. The zero-order valence-corrected chi connectivity index (χ0v) is 13.8. The fourth-order valence-corrected chi connectivity index (χ4v) is 3.20. The van der Waals surface area contributed by atoms with E-state index in [1.165, 1.54) is 6.26 Å². The third-order valence-corrected chi connectivity index (χ3v) is 4.54. The van der Waals surface area contributed by atoms with Crippen LogP contribution in [0.1, 0.15) is 44.9 Å².